The molecule has 1 heterocycles. The van der Waals surface area contributed by atoms with Crippen LogP contribution in [0.2, 0.25) is 5.02 Å². The molecule has 2 N–H and O–H groups in total. The van der Waals surface area contributed by atoms with Crippen LogP contribution in [0.3, 0.4) is 0 Å². The Morgan fingerprint density at radius 1 is 1.22 bits per heavy atom. The third kappa shape index (κ3) is 4.53. The van der Waals surface area contributed by atoms with Gasteiger partial charge in [0.2, 0.25) is 5.89 Å². The van der Waals surface area contributed by atoms with Gasteiger partial charge in [0.05, 0.1) is 7.05 Å². The fourth-order valence-electron chi connectivity index (χ4n) is 2.75. The zero-order valence-electron chi connectivity index (χ0n) is 15.5. The Kier molecular flexibility index (Phi) is 5.88. The third-order valence-corrected chi connectivity index (χ3v) is 4.78. The van der Waals surface area contributed by atoms with Crippen molar-refractivity contribution in [3.05, 3.63) is 70.6 Å². The van der Waals surface area contributed by atoms with E-state index in [0.717, 1.165) is 17.7 Å². The quantitative estimate of drug-likeness (QED) is 0.684. The lowest BCUT2D eigenvalue weighted by Crippen LogP contribution is -3.07. The summed E-state index contributed by atoms with van der Waals surface area (Å²) in [6.45, 7) is 2.81. The molecule has 0 aliphatic heterocycles. The SMILES string of the molecule is CNC(=O)c1ccc(C[NH+](C)[C@@H](C)c2nnc(-c3cccc(Cl)c3)o2)cc1. The van der Waals surface area contributed by atoms with E-state index in [-0.39, 0.29) is 11.9 Å². The maximum Gasteiger partial charge on any atom is 0.274 e. The smallest absolute Gasteiger partial charge is 0.274 e. The average molecular weight is 386 g/mol. The molecule has 3 aromatic rings. The molecule has 6 nitrogen and oxygen atoms in total. The van der Waals surface area contributed by atoms with Gasteiger partial charge in [0.25, 0.3) is 11.8 Å². The summed E-state index contributed by atoms with van der Waals surface area (Å²) in [5, 5.41) is 11.6. The van der Waals surface area contributed by atoms with Crippen molar-refractivity contribution in [2.75, 3.05) is 14.1 Å². The number of carbonyl (C=O) groups excluding carboxylic acids is 1. The van der Waals surface area contributed by atoms with Gasteiger partial charge in [-0.1, -0.05) is 29.8 Å². The summed E-state index contributed by atoms with van der Waals surface area (Å²) < 4.78 is 5.86. The summed E-state index contributed by atoms with van der Waals surface area (Å²) in [5.74, 6) is 0.946. The van der Waals surface area contributed by atoms with Gasteiger partial charge in [-0.3, -0.25) is 4.79 Å². The average Bonchev–Trinajstić information content (AvgIpc) is 3.17. The number of aromatic nitrogens is 2. The first kappa shape index (κ1) is 19.1. The van der Waals surface area contributed by atoms with Gasteiger partial charge in [0, 0.05) is 28.8 Å². The number of hydrogen-bond donors (Lipinski definition) is 2. The molecule has 0 saturated heterocycles. The molecule has 0 aliphatic carbocycles. The van der Waals surface area contributed by atoms with Crippen LogP contribution in [0.25, 0.3) is 11.5 Å². The van der Waals surface area contributed by atoms with E-state index >= 15 is 0 Å². The highest BCUT2D eigenvalue weighted by Crippen LogP contribution is 2.22. The third-order valence-electron chi connectivity index (χ3n) is 4.55. The van der Waals surface area contributed by atoms with Gasteiger partial charge >= 0.3 is 0 Å². The van der Waals surface area contributed by atoms with Crippen molar-refractivity contribution >= 4 is 17.5 Å². The summed E-state index contributed by atoms with van der Waals surface area (Å²) in [7, 11) is 3.69. The van der Waals surface area contributed by atoms with Crippen LogP contribution in [0.15, 0.2) is 52.9 Å². The van der Waals surface area contributed by atoms with Crippen molar-refractivity contribution in [1.29, 1.82) is 0 Å². The van der Waals surface area contributed by atoms with Crippen LogP contribution in [0, 0.1) is 0 Å². The Bertz CT molecular complexity index is 924. The van der Waals surface area contributed by atoms with Gasteiger partial charge in [-0.05, 0) is 37.3 Å². The number of benzene rings is 2. The number of halogens is 1. The molecule has 7 heteroatoms. The van der Waals surface area contributed by atoms with E-state index in [2.05, 4.69) is 22.6 Å². The molecule has 27 heavy (non-hydrogen) atoms. The first-order valence-electron chi connectivity index (χ1n) is 8.70. The predicted molar refractivity (Wildman–Crippen MR) is 104 cm³/mol. The van der Waals surface area contributed by atoms with Crippen molar-refractivity contribution in [3.63, 3.8) is 0 Å². The highest BCUT2D eigenvalue weighted by atomic mass is 35.5. The van der Waals surface area contributed by atoms with Gasteiger partial charge < -0.3 is 14.6 Å². The van der Waals surface area contributed by atoms with Gasteiger partial charge in [-0.25, -0.2) is 0 Å². The molecule has 0 radical (unpaired) electrons. The molecule has 1 aromatic heterocycles. The highest BCUT2D eigenvalue weighted by Gasteiger charge is 2.22. The summed E-state index contributed by atoms with van der Waals surface area (Å²) in [6, 6.07) is 14.9. The highest BCUT2D eigenvalue weighted by molar-refractivity contribution is 6.30. The van der Waals surface area contributed by atoms with Gasteiger partial charge in [-0.15, -0.1) is 10.2 Å². The number of hydrogen-bond acceptors (Lipinski definition) is 4. The fourth-order valence-corrected chi connectivity index (χ4v) is 2.94. The summed E-state index contributed by atoms with van der Waals surface area (Å²) >= 11 is 6.03. The molecular weight excluding hydrogens is 364 g/mol. The molecule has 140 valence electrons. The number of carbonyl (C=O) groups is 1. The van der Waals surface area contributed by atoms with Crippen LogP contribution in [-0.4, -0.2) is 30.2 Å². The second kappa shape index (κ2) is 8.33. The number of nitrogens with zero attached hydrogens (tertiary/aromatic N) is 2. The minimum atomic E-state index is -0.0879. The van der Waals surface area contributed by atoms with Gasteiger partial charge in [0.1, 0.15) is 6.54 Å². The molecule has 1 unspecified atom stereocenters. The van der Waals surface area contributed by atoms with E-state index in [0.29, 0.717) is 22.4 Å². The van der Waals surface area contributed by atoms with Crippen molar-refractivity contribution in [3.8, 4) is 11.5 Å². The topological polar surface area (TPSA) is 72.5 Å². The van der Waals surface area contributed by atoms with Crippen LogP contribution in [0.4, 0.5) is 0 Å². The maximum absolute atomic E-state index is 11.6. The van der Waals surface area contributed by atoms with E-state index in [4.69, 9.17) is 16.0 Å². The monoisotopic (exact) mass is 385 g/mol. The van der Waals surface area contributed by atoms with E-state index in [9.17, 15) is 4.79 Å². The second-order valence-corrected chi connectivity index (χ2v) is 6.91. The minimum Gasteiger partial charge on any atom is -0.415 e. The normalized spacial score (nSPS) is 13.2. The number of rotatable bonds is 6. The van der Waals surface area contributed by atoms with Crippen LogP contribution in [-0.2, 0) is 6.54 Å². The number of amides is 1. The fraction of sp³-hybridized carbons (Fsp3) is 0.250. The predicted octanol–water partition coefficient (Wildman–Crippen LogP) is 2.53. The molecule has 1 amide bonds. The lowest BCUT2D eigenvalue weighted by Gasteiger charge is -2.19. The van der Waals surface area contributed by atoms with E-state index < -0.39 is 0 Å². The molecule has 0 aliphatic rings. The summed E-state index contributed by atoms with van der Waals surface area (Å²) in [6.07, 6.45) is 0. The second-order valence-electron chi connectivity index (χ2n) is 6.48. The molecule has 0 spiro atoms. The van der Waals surface area contributed by atoms with E-state index in [1.807, 2.05) is 43.3 Å². The first-order valence-corrected chi connectivity index (χ1v) is 9.08. The van der Waals surface area contributed by atoms with Crippen molar-refractivity contribution < 1.29 is 14.1 Å². The Hall–Kier alpha value is -2.70. The zero-order chi connectivity index (χ0) is 19.4. The Labute approximate surface area is 163 Å². The molecule has 0 saturated carbocycles. The molecule has 2 atom stereocenters. The molecule has 3 rings (SSSR count). The van der Waals surface area contributed by atoms with Crippen LogP contribution in [0.1, 0.15) is 34.8 Å². The van der Waals surface area contributed by atoms with Crippen molar-refractivity contribution in [2.24, 2.45) is 0 Å². The van der Waals surface area contributed by atoms with Crippen LogP contribution < -0.4 is 10.2 Å². The standard InChI is InChI=1S/C20H21ClN4O2/c1-13(19-23-24-20(27-19)16-5-4-6-17(21)11-16)25(3)12-14-7-9-15(10-8-14)18(26)22-2/h4-11,13H,12H2,1-3H3,(H,22,26)/p+1/t13-/m0/s1. The lowest BCUT2D eigenvalue weighted by atomic mass is 10.1. The van der Waals surface area contributed by atoms with Crippen molar-refractivity contribution in [1.82, 2.24) is 15.5 Å². The van der Waals surface area contributed by atoms with Gasteiger partial charge in [-0.2, -0.15) is 0 Å². The molecular formula is C20H22ClN4O2+. The Balaban J connectivity index is 1.68. The van der Waals surface area contributed by atoms with E-state index in [1.165, 1.54) is 4.90 Å². The number of quaternary nitrogens is 1. The van der Waals surface area contributed by atoms with Crippen LogP contribution >= 0.6 is 11.6 Å². The Morgan fingerprint density at radius 3 is 2.63 bits per heavy atom. The summed E-state index contributed by atoms with van der Waals surface area (Å²) in [4.78, 5) is 12.8. The first-order chi connectivity index (χ1) is 13.0. The largest absolute Gasteiger partial charge is 0.415 e. The minimum absolute atomic E-state index is 0.0176. The van der Waals surface area contributed by atoms with Crippen LogP contribution in [0.5, 0.6) is 0 Å². The Morgan fingerprint density at radius 2 is 1.96 bits per heavy atom. The van der Waals surface area contributed by atoms with E-state index in [1.54, 1.807) is 19.2 Å². The lowest BCUT2D eigenvalue weighted by molar-refractivity contribution is -0.925. The summed E-state index contributed by atoms with van der Waals surface area (Å²) in [5.41, 5.74) is 2.58. The number of nitrogens with one attached hydrogen (secondary N) is 2. The zero-order valence-corrected chi connectivity index (χ0v) is 16.2. The van der Waals surface area contributed by atoms with Gasteiger partial charge in [0.15, 0.2) is 6.04 Å². The molecule has 0 bridgehead atoms. The molecule has 2 aromatic carbocycles. The molecule has 0 fully saturated rings. The van der Waals surface area contributed by atoms with Crippen molar-refractivity contribution in [2.45, 2.75) is 19.5 Å². The maximum atomic E-state index is 11.6.